The van der Waals surface area contributed by atoms with Crippen molar-refractivity contribution in [3.63, 3.8) is 0 Å². The van der Waals surface area contributed by atoms with Crippen molar-refractivity contribution in [2.24, 2.45) is 23.7 Å². The first-order valence-corrected chi connectivity index (χ1v) is 13.3. The molecular formula is C28H43NO2. The summed E-state index contributed by atoms with van der Waals surface area (Å²) in [6.07, 6.45) is 18.4. The summed E-state index contributed by atoms with van der Waals surface area (Å²) in [7, 11) is 0. The van der Waals surface area contributed by atoms with E-state index in [0.717, 1.165) is 43.7 Å². The van der Waals surface area contributed by atoms with Gasteiger partial charge in [-0.2, -0.15) is 0 Å². The van der Waals surface area contributed by atoms with Gasteiger partial charge in [-0.05, 0) is 93.4 Å². The summed E-state index contributed by atoms with van der Waals surface area (Å²) in [5.41, 5.74) is 1.25. The Morgan fingerprint density at radius 3 is 2.10 bits per heavy atom. The van der Waals surface area contributed by atoms with E-state index in [2.05, 4.69) is 24.0 Å². The predicted molar refractivity (Wildman–Crippen MR) is 129 cm³/mol. The number of hydrogen-bond acceptors (Lipinski definition) is 3. The summed E-state index contributed by atoms with van der Waals surface area (Å²) in [5, 5.41) is 0. The molecule has 0 amide bonds. The average Bonchev–Trinajstić information content (AvgIpc) is 3.35. The first kappa shape index (κ1) is 22.7. The molecule has 172 valence electrons. The van der Waals surface area contributed by atoms with Crippen LogP contribution in [-0.2, 0) is 4.79 Å². The molecule has 0 radical (unpaired) electrons. The van der Waals surface area contributed by atoms with Crippen molar-refractivity contribution in [1.29, 1.82) is 0 Å². The minimum atomic E-state index is -0.00740. The van der Waals surface area contributed by atoms with Crippen molar-refractivity contribution in [2.75, 3.05) is 18.0 Å². The van der Waals surface area contributed by atoms with Crippen molar-refractivity contribution in [3.05, 3.63) is 24.3 Å². The van der Waals surface area contributed by atoms with E-state index in [9.17, 15) is 4.79 Å². The van der Waals surface area contributed by atoms with Gasteiger partial charge < -0.3 is 9.64 Å². The molecule has 0 aromatic heterocycles. The number of nitrogens with zero attached hydrogens (tertiary/aromatic N) is 1. The molecule has 3 aliphatic rings. The third kappa shape index (κ3) is 6.26. The lowest BCUT2D eigenvalue weighted by molar-refractivity contribution is -0.140. The zero-order valence-electron chi connectivity index (χ0n) is 19.7. The smallest absolute Gasteiger partial charge is 0.314 e. The lowest BCUT2D eigenvalue weighted by Gasteiger charge is -2.37. The summed E-state index contributed by atoms with van der Waals surface area (Å²) >= 11 is 0. The summed E-state index contributed by atoms with van der Waals surface area (Å²) in [6, 6.07) is 8.14. The molecule has 1 aromatic rings. The van der Waals surface area contributed by atoms with Crippen LogP contribution >= 0.6 is 0 Å². The van der Waals surface area contributed by atoms with Gasteiger partial charge >= 0.3 is 5.97 Å². The molecule has 1 aromatic carbocycles. The molecule has 2 aliphatic carbocycles. The fourth-order valence-corrected chi connectivity index (χ4v) is 6.36. The van der Waals surface area contributed by atoms with E-state index in [4.69, 9.17) is 4.74 Å². The van der Waals surface area contributed by atoms with Gasteiger partial charge in [0, 0.05) is 18.8 Å². The second kappa shape index (κ2) is 11.4. The van der Waals surface area contributed by atoms with Gasteiger partial charge in [0.05, 0.1) is 5.92 Å². The molecule has 0 unspecified atom stereocenters. The fraction of sp³-hybridized carbons (Fsp3) is 0.750. The highest BCUT2D eigenvalue weighted by molar-refractivity contribution is 5.75. The number of unbranched alkanes of at least 4 members (excludes halogenated alkanes) is 2. The maximum atomic E-state index is 12.7. The number of esters is 1. The summed E-state index contributed by atoms with van der Waals surface area (Å²) in [6.45, 7) is 4.58. The van der Waals surface area contributed by atoms with E-state index in [1.807, 2.05) is 12.1 Å². The summed E-state index contributed by atoms with van der Waals surface area (Å²) in [4.78, 5) is 15.1. The van der Waals surface area contributed by atoms with Gasteiger partial charge in [0.2, 0.25) is 0 Å². The Morgan fingerprint density at radius 2 is 1.48 bits per heavy atom. The molecule has 1 saturated heterocycles. The fourth-order valence-electron chi connectivity index (χ4n) is 6.36. The van der Waals surface area contributed by atoms with E-state index < -0.39 is 0 Å². The van der Waals surface area contributed by atoms with Gasteiger partial charge in [-0.25, -0.2) is 0 Å². The highest BCUT2D eigenvalue weighted by Crippen LogP contribution is 2.42. The normalized spacial score (nSPS) is 29.1. The third-order valence-electron chi connectivity index (χ3n) is 8.41. The van der Waals surface area contributed by atoms with Crippen molar-refractivity contribution >= 4 is 11.7 Å². The molecule has 3 nitrogen and oxygen atoms in total. The van der Waals surface area contributed by atoms with Crippen LogP contribution in [-0.4, -0.2) is 19.1 Å². The van der Waals surface area contributed by atoms with E-state index >= 15 is 0 Å². The topological polar surface area (TPSA) is 29.5 Å². The minimum Gasteiger partial charge on any atom is -0.426 e. The molecule has 1 heterocycles. The van der Waals surface area contributed by atoms with Crippen molar-refractivity contribution in [1.82, 2.24) is 0 Å². The lowest BCUT2D eigenvalue weighted by Crippen LogP contribution is -2.30. The van der Waals surface area contributed by atoms with Gasteiger partial charge in [-0.3, -0.25) is 4.79 Å². The number of carbonyl (C=O) groups excluding carboxylic acids is 1. The second-order valence-electron chi connectivity index (χ2n) is 10.5. The van der Waals surface area contributed by atoms with Gasteiger partial charge in [0.15, 0.2) is 0 Å². The number of ether oxygens (including phenoxy) is 1. The van der Waals surface area contributed by atoms with E-state index in [-0.39, 0.29) is 11.9 Å². The average molecular weight is 426 g/mol. The molecule has 0 bridgehead atoms. The van der Waals surface area contributed by atoms with Crippen LogP contribution < -0.4 is 9.64 Å². The number of hydrogen-bond donors (Lipinski definition) is 0. The van der Waals surface area contributed by atoms with Crippen LogP contribution in [0.5, 0.6) is 5.75 Å². The van der Waals surface area contributed by atoms with Crippen molar-refractivity contribution < 1.29 is 9.53 Å². The third-order valence-corrected chi connectivity index (χ3v) is 8.41. The first-order valence-electron chi connectivity index (χ1n) is 13.3. The molecule has 3 fully saturated rings. The number of benzene rings is 1. The van der Waals surface area contributed by atoms with E-state index in [0.29, 0.717) is 5.75 Å². The Hall–Kier alpha value is -1.51. The SMILES string of the molecule is CCCCCC1CCC(C2CCC(C(=O)Oc3ccc(N4CCCC4)cc3)CC2)CC1. The van der Waals surface area contributed by atoms with Gasteiger partial charge in [-0.15, -0.1) is 0 Å². The van der Waals surface area contributed by atoms with Crippen molar-refractivity contribution in [3.8, 4) is 5.75 Å². The highest BCUT2D eigenvalue weighted by Gasteiger charge is 2.33. The second-order valence-corrected chi connectivity index (χ2v) is 10.5. The van der Waals surface area contributed by atoms with Gasteiger partial charge in [-0.1, -0.05) is 45.4 Å². The van der Waals surface area contributed by atoms with E-state index in [1.165, 1.54) is 82.7 Å². The molecule has 0 N–H and O–H groups in total. The van der Waals surface area contributed by atoms with Crippen LogP contribution in [0, 0.1) is 23.7 Å². The minimum absolute atomic E-state index is 0.00740. The van der Waals surface area contributed by atoms with Crippen LogP contribution in [0.4, 0.5) is 5.69 Å². The number of carbonyl (C=O) groups is 1. The standard InChI is InChI=1S/C28H43NO2/c1-2-3-4-7-22-8-10-23(11-9-22)24-12-14-25(15-13-24)28(30)31-27-18-16-26(17-19-27)29-20-5-6-21-29/h16-19,22-25H,2-15,20-21H2,1H3. The molecule has 1 aliphatic heterocycles. The highest BCUT2D eigenvalue weighted by atomic mass is 16.5. The Bertz CT molecular complexity index is 663. The van der Waals surface area contributed by atoms with Crippen molar-refractivity contribution in [2.45, 2.75) is 96.8 Å². The maximum absolute atomic E-state index is 12.7. The molecule has 2 saturated carbocycles. The Balaban J connectivity index is 1.17. The van der Waals surface area contributed by atoms with E-state index in [1.54, 1.807) is 0 Å². The molecule has 0 atom stereocenters. The van der Waals surface area contributed by atoms with Gasteiger partial charge in [0.1, 0.15) is 5.75 Å². The monoisotopic (exact) mass is 425 g/mol. The Labute approximate surface area is 189 Å². The van der Waals surface area contributed by atoms with Crippen LogP contribution in [0.2, 0.25) is 0 Å². The summed E-state index contributed by atoms with van der Waals surface area (Å²) in [5.74, 6) is 3.55. The largest absolute Gasteiger partial charge is 0.426 e. The van der Waals surface area contributed by atoms with Gasteiger partial charge in [0.25, 0.3) is 0 Å². The summed E-state index contributed by atoms with van der Waals surface area (Å²) < 4.78 is 5.76. The zero-order chi connectivity index (χ0) is 21.5. The lowest BCUT2D eigenvalue weighted by atomic mass is 9.68. The molecule has 0 spiro atoms. The van der Waals surface area contributed by atoms with Crippen LogP contribution in [0.25, 0.3) is 0 Å². The molecular weight excluding hydrogens is 382 g/mol. The zero-order valence-corrected chi connectivity index (χ0v) is 19.7. The number of rotatable bonds is 8. The molecule has 31 heavy (non-hydrogen) atoms. The maximum Gasteiger partial charge on any atom is 0.314 e. The molecule has 4 rings (SSSR count). The quantitative estimate of drug-likeness (QED) is 0.247. The first-order chi connectivity index (χ1) is 15.2. The molecule has 3 heteroatoms. The Kier molecular flexibility index (Phi) is 8.33. The Morgan fingerprint density at radius 1 is 0.871 bits per heavy atom. The van der Waals surface area contributed by atoms with Crippen LogP contribution in [0.3, 0.4) is 0 Å². The van der Waals surface area contributed by atoms with Crippen LogP contribution in [0.1, 0.15) is 96.8 Å². The van der Waals surface area contributed by atoms with Crippen LogP contribution in [0.15, 0.2) is 24.3 Å². The predicted octanol–water partition coefficient (Wildman–Crippen LogP) is 7.39. The number of anilines is 1.